The molecule has 0 fully saturated rings. The monoisotopic (exact) mass is 513 g/mol. The van der Waals surface area contributed by atoms with E-state index in [-0.39, 0.29) is 42.3 Å². The molecular weight excluding hydrogens is 488 g/mol. The SMILES string of the molecule is CN=C(NCCc1cccc(C(=O)NC)c1)NCC(=O)Nc1cccc(F)c1.I. The van der Waals surface area contributed by atoms with E-state index in [0.29, 0.717) is 30.2 Å². The average molecular weight is 513 g/mol. The van der Waals surface area contributed by atoms with Crippen LogP contribution in [0, 0.1) is 5.82 Å². The maximum atomic E-state index is 13.1. The highest BCUT2D eigenvalue weighted by molar-refractivity contribution is 14.0. The van der Waals surface area contributed by atoms with Crippen LogP contribution in [0.5, 0.6) is 0 Å². The standard InChI is InChI=1S/C20H24FN5O2.HI/c1-22-19(28)15-6-3-5-14(11-15)9-10-24-20(23-2)25-13-18(27)26-17-8-4-7-16(21)12-17;/h3-8,11-12H,9-10,13H2,1-2H3,(H,22,28)(H,26,27)(H2,23,24,25);1H. The van der Waals surface area contributed by atoms with Crippen LogP contribution in [-0.4, -0.2) is 45.0 Å². The Labute approximate surface area is 186 Å². The average Bonchev–Trinajstić information content (AvgIpc) is 2.70. The zero-order valence-electron chi connectivity index (χ0n) is 16.3. The van der Waals surface area contributed by atoms with Gasteiger partial charge in [0, 0.05) is 31.9 Å². The number of benzene rings is 2. The highest BCUT2D eigenvalue weighted by Gasteiger charge is 2.06. The topological polar surface area (TPSA) is 94.6 Å². The van der Waals surface area contributed by atoms with Crippen molar-refractivity contribution in [3.63, 3.8) is 0 Å². The minimum Gasteiger partial charge on any atom is -0.356 e. The first-order valence-electron chi connectivity index (χ1n) is 8.82. The molecule has 4 N–H and O–H groups in total. The number of nitrogens with one attached hydrogen (secondary N) is 4. The maximum absolute atomic E-state index is 13.1. The lowest BCUT2D eigenvalue weighted by Crippen LogP contribution is -2.42. The summed E-state index contributed by atoms with van der Waals surface area (Å²) in [4.78, 5) is 27.7. The van der Waals surface area contributed by atoms with Crippen LogP contribution in [0.4, 0.5) is 10.1 Å². The molecule has 0 aliphatic carbocycles. The van der Waals surface area contributed by atoms with Gasteiger partial charge in [-0.25, -0.2) is 4.39 Å². The third-order valence-corrected chi connectivity index (χ3v) is 3.87. The summed E-state index contributed by atoms with van der Waals surface area (Å²) in [5, 5.41) is 11.2. The predicted octanol–water partition coefficient (Wildman–Crippen LogP) is 2.15. The van der Waals surface area contributed by atoms with E-state index in [0.717, 1.165) is 5.56 Å². The lowest BCUT2D eigenvalue weighted by Gasteiger charge is -2.12. The molecule has 2 amide bonds. The molecule has 29 heavy (non-hydrogen) atoms. The fourth-order valence-electron chi connectivity index (χ4n) is 2.49. The second-order valence-electron chi connectivity index (χ2n) is 5.94. The molecule has 0 bridgehead atoms. The van der Waals surface area contributed by atoms with Crippen LogP contribution in [0.2, 0.25) is 0 Å². The number of halogens is 2. The van der Waals surface area contributed by atoms with Crippen molar-refractivity contribution >= 4 is 47.4 Å². The summed E-state index contributed by atoms with van der Waals surface area (Å²) in [6.07, 6.45) is 0.682. The van der Waals surface area contributed by atoms with Crippen LogP contribution in [-0.2, 0) is 11.2 Å². The Morgan fingerprint density at radius 2 is 1.83 bits per heavy atom. The van der Waals surface area contributed by atoms with Crippen molar-refractivity contribution < 1.29 is 14.0 Å². The van der Waals surface area contributed by atoms with E-state index in [1.54, 1.807) is 26.2 Å². The number of hydrogen-bond donors (Lipinski definition) is 4. The van der Waals surface area contributed by atoms with E-state index in [4.69, 9.17) is 0 Å². The van der Waals surface area contributed by atoms with E-state index in [1.165, 1.54) is 18.2 Å². The van der Waals surface area contributed by atoms with Crippen LogP contribution < -0.4 is 21.3 Å². The van der Waals surface area contributed by atoms with Crippen molar-refractivity contribution in [3.8, 4) is 0 Å². The molecule has 9 heteroatoms. The molecule has 0 heterocycles. The molecule has 0 aromatic heterocycles. The van der Waals surface area contributed by atoms with E-state index < -0.39 is 5.82 Å². The number of amides is 2. The third-order valence-electron chi connectivity index (χ3n) is 3.87. The Bertz CT molecular complexity index is 860. The van der Waals surface area contributed by atoms with Crippen LogP contribution in [0.1, 0.15) is 15.9 Å². The molecule has 0 saturated carbocycles. The van der Waals surface area contributed by atoms with Crippen molar-refractivity contribution in [1.82, 2.24) is 16.0 Å². The molecule has 7 nitrogen and oxygen atoms in total. The number of hydrogen-bond acceptors (Lipinski definition) is 3. The van der Waals surface area contributed by atoms with Gasteiger partial charge in [-0.05, 0) is 42.3 Å². The number of carbonyl (C=O) groups is 2. The summed E-state index contributed by atoms with van der Waals surface area (Å²) < 4.78 is 13.1. The summed E-state index contributed by atoms with van der Waals surface area (Å²) in [5.41, 5.74) is 2.01. The first kappa shape index (κ1) is 24.3. The largest absolute Gasteiger partial charge is 0.356 e. The highest BCUT2D eigenvalue weighted by Crippen LogP contribution is 2.08. The number of guanidine groups is 1. The quantitative estimate of drug-likeness (QED) is 0.259. The van der Waals surface area contributed by atoms with E-state index in [2.05, 4.69) is 26.3 Å². The number of anilines is 1. The van der Waals surface area contributed by atoms with Gasteiger partial charge in [0.2, 0.25) is 5.91 Å². The fourth-order valence-corrected chi connectivity index (χ4v) is 2.49. The summed E-state index contributed by atoms with van der Waals surface area (Å²) in [6, 6.07) is 13.1. The van der Waals surface area contributed by atoms with Crippen molar-refractivity contribution in [2.75, 3.05) is 32.5 Å². The highest BCUT2D eigenvalue weighted by atomic mass is 127. The van der Waals surface area contributed by atoms with Crippen LogP contribution >= 0.6 is 24.0 Å². The molecule has 2 aromatic carbocycles. The second kappa shape index (κ2) is 12.7. The summed E-state index contributed by atoms with van der Waals surface area (Å²) in [6.45, 7) is 0.560. The Hall–Kier alpha value is -2.69. The van der Waals surface area contributed by atoms with E-state index in [1.807, 2.05) is 18.2 Å². The number of rotatable bonds is 7. The second-order valence-corrected chi connectivity index (χ2v) is 5.94. The fraction of sp³-hybridized carbons (Fsp3) is 0.250. The van der Waals surface area contributed by atoms with Crippen LogP contribution in [0.25, 0.3) is 0 Å². The lowest BCUT2D eigenvalue weighted by molar-refractivity contribution is -0.115. The van der Waals surface area contributed by atoms with Gasteiger partial charge in [-0.15, -0.1) is 24.0 Å². The van der Waals surface area contributed by atoms with Gasteiger partial charge >= 0.3 is 0 Å². The summed E-state index contributed by atoms with van der Waals surface area (Å²) >= 11 is 0. The van der Waals surface area contributed by atoms with Gasteiger partial charge in [0.05, 0.1) is 6.54 Å². The molecule has 0 aliphatic heterocycles. The molecular formula is C20H25FIN5O2. The van der Waals surface area contributed by atoms with Gasteiger partial charge in [-0.1, -0.05) is 18.2 Å². The first-order valence-corrected chi connectivity index (χ1v) is 8.82. The predicted molar refractivity (Wildman–Crippen MR) is 123 cm³/mol. The molecule has 0 radical (unpaired) electrons. The van der Waals surface area contributed by atoms with Crippen molar-refractivity contribution in [1.29, 1.82) is 0 Å². The zero-order chi connectivity index (χ0) is 20.4. The number of aliphatic imine (C=N–C) groups is 1. The smallest absolute Gasteiger partial charge is 0.251 e. The molecule has 0 atom stereocenters. The van der Waals surface area contributed by atoms with Gasteiger partial charge in [0.1, 0.15) is 5.82 Å². The Morgan fingerprint density at radius 3 is 2.52 bits per heavy atom. The normalized spacial score (nSPS) is 10.5. The molecule has 0 aliphatic rings. The zero-order valence-corrected chi connectivity index (χ0v) is 18.6. The van der Waals surface area contributed by atoms with Crippen LogP contribution in [0.15, 0.2) is 53.5 Å². The minimum absolute atomic E-state index is 0. The molecule has 0 unspecified atom stereocenters. The molecule has 156 valence electrons. The van der Waals surface area contributed by atoms with Crippen molar-refractivity contribution in [2.24, 2.45) is 4.99 Å². The lowest BCUT2D eigenvalue weighted by atomic mass is 10.1. The minimum atomic E-state index is -0.413. The molecule has 2 aromatic rings. The van der Waals surface area contributed by atoms with Gasteiger partial charge in [-0.2, -0.15) is 0 Å². The maximum Gasteiger partial charge on any atom is 0.251 e. The molecule has 0 spiro atoms. The van der Waals surface area contributed by atoms with Gasteiger partial charge in [0.25, 0.3) is 5.91 Å². The van der Waals surface area contributed by atoms with Gasteiger partial charge in [0.15, 0.2) is 5.96 Å². The Morgan fingerprint density at radius 1 is 1.07 bits per heavy atom. The third kappa shape index (κ3) is 8.46. The Balaban J connectivity index is 0.00000420. The summed E-state index contributed by atoms with van der Waals surface area (Å²) in [7, 11) is 3.20. The Kier molecular flexibility index (Phi) is 10.7. The number of carbonyl (C=O) groups excluding carboxylic acids is 2. The first-order chi connectivity index (χ1) is 13.5. The van der Waals surface area contributed by atoms with E-state index in [9.17, 15) is 14.0 Å². The van der Waals surface area contributed by atoms with Crippen LogP contribution in [0.3, 0.4) is 0 Å². The number of nitrogens with zero attached hydrogens (tertiary/aromatic N) is 1. The van der Waals surface area contributed by atoms with Crippen molar-refractivity contribution in [2.45, 2.75) is 6.42 Å². The van der Waals surface area contributed by atoms with Crippen molar-refractivity contribution in [3.05, 3.63) is 65.5 Å². The van der Waals surface area contributed by atoms with Gasteiger partial charge < -0.3 is 21.3 Å². The van der Waals surface area contributed by atoms with E-state index >= 15 is 0 Å². The summed E-state index contributed by atoms with van der Waals surface area (Å²) in [5.74, 6) is -0.385. The molecule has 2 rings (SSSR count). The molecule has 0 saturated heterocycles. The van der Waals surface area contributed by atoms with Gasteiger partial charge in [-0.3, -0.25) is 14.6 Å².